The standard InChI is InChI=1S/C16H13Cl2NO3/c17-12-7-13(18)9-14(8-12)19-15(20)10-22-16(21)6-11-4-2-1-3-5-11/h1-5,7-9H,6,10H2,(H,19,20). The van der Waals surface area contributed by atoms with Crippen LogP contribution in [0.1, 0.15) is 5.56 Å². The van der Waals surface area contributed by atoms with Gasteiger partial charge in [0.05, 0.1) is 6.42 Å². The first-order valence-corrected chi connectivity index (χ1v) is 7.24. The molecule has 1 amide bonds. The van der Waals surface area contributed by atoms with Crippen LogP contribution in [0.2, 0.25) is 10.0 Å². The van der Waals surface area contributed by atoms with Crippen molar-refractivity contribution in [1.29, 1.82) is 0 Å². The number of ether oxygens (including phenoxy) is 1. The number of hydrogen-bond donors (Lipinski definition) is 1. The Hall–Kier alpha value is -2.04. The molecule has 0 bridgehead atoms. The van der Waals surface area contributed by atoms with Gasteiger partial charge in [-0.3, -0.25) is 9.59 Å². The number of amides is 1. The molecule has 0 heterocycles. The normalized spacial score (nSPS) is 10.1. The Bertz CT molecular complexity index is 654. The summed E-state index contributed by atoms with van der Waals surface area (Å²) >= 11 is 11.7. The van der Waals surface area contributed by atoms with Gasteiger partial charge in [0.1, 0.15) is 0 Å². The van der Waals surface area contributed by atoms with Crippen LogP contribution >= 0.6 is 23.2 Å². The van der Waals surface area contributed by atoms with Gasteiger partial charge < -0.3 is 10.1 Å². The van der Waals surface area contributed by atoms with Gasteiger partial charge in [-0.25, -0.2) is 0 Å². The zero-order valence-electron chi connectivity index (χ0n) is 11.5. The zero-order valence-corrected chi connectivity index (χ0v) is 13.0. The van der Waals surface area contributed by atoms with Crippen molar-refractivity contribution in [3.63, 3.8) is 0 Å². The third-order valence-corrected chi connectivity index (χ3v) is 3.14. The second-order valence-electron chi connectivity index (χ2n) is 4.53. The van der Waals surface area contributed by atoms with E-state index < -0.39 is 11.9 Å². The van der Waals surface area contributed by atoms with Crippen molar-refractivity contribution in [2.75, 3.05) is 11.9 Å². The highest BCUT2D eigenvalue weighted by atomic mass is 35.5. The smallest absolute Gasteiger partial charge is 0.310 e. The van der Waals surface area contributed by atoms with E-state index in [0.29, 0.717) is 15.7 Å². The summed E-state index contributed by atoms with van der Waals surface area (Å²) < 4.78 is 4.92. The average Bonchev–Trinajstić information content (AvgIpc) is 2.45. The number of halogens is 2. The lowest BCUT2D eigenvalue weighted by Crippen LogP contribution is -2.21. The fourth-order valence-electron chi connectivity index (χ4n) is 1.78. The Balaban J connectivity index is 1.81. The van der Waals surface area contributed by atoms with E-state index in [4.69, 9.17) is 27.9 Å². The third kappa shape index (κ3) is 5.39. The SMILES string of the molecule is O=C(COC(=O)Cc1ccccc1)Nc1cc(Cl)cc(Cl)c1. The van der Waals surface area contributed by atoms with E-state index in [9.17, 15) is 9.59 Å². The molecule has 2 aromatic carbocycles. The molecule has 1 N–H and O–H groups in total. The van der Waals surface area contributed by atoms with Crippen molar-refractivity contribution in [2.45, 2.75) is 6.42 Å². The van der Waals surface area contributed by atoms with Gasteiger partial charge in [-0.15, -0.1) is 0 Å². The highest BCUT2D eigenvalue weighted by Crippen LogP contribution is 2.22. The van der Waals surface area contributed by atoms with Crippen LogP contribution < -0.4 is 5.32 Å². The first kappa shape index (κ1) is 16.3. The molecular weight excluding hydrogens is 325 g/mol. The first-order valence-electron chi connectivity index (χ1n) is 6.48. The molecule has 6 heteroatoms. The predicted octanol–water partition coefficient (Wildman–Crippen LogP) is 3.72. The Morgan fingerprint density at radius 1 is 1.00 bits per heavy atom. The number of carbonyl (C=O) groups excluding carboxylic acids is 2. The van der Waals surface area contributed by atoms with Crippen molar-refractivity contribution in [3.8, 4) is 0 Å². The van der Waals surface area contributed by atoms with Crippen molar-refractivity contribution in [1.82, 2.24) is 0 Å². The molecular formula is C16H13Cl2NO3. The van der Waals surface area contributed by atoms with Crippen molar-refractivity contribution in [2.24, 2.45) is 0 Å². The molecule has 0 fully saturated rings. The molecule has 2 aromatic rings. The summed E-state index contributed by atoms with van der Waals surface area (Å²) in [5.41, 5.74) is 1.27. The topological polar surface area (TPSA) is 55.4 Å². The maximum atomic E-state index is 11.7. The van der Waals surface area contributed by atoms with Crippen LogP contribution in [0.3, 0.4) is 0 Å². The summed E-state index contributed by atoms with van der Waals surface area (Å²) in [4.78, 5) is 23.4. The third-order valence-electron chi connectivity index (χ3n) is 2.70. The highest BCUT2D eigenvalue weighted by Gasteiger charge is 2.09. The molecule has 114 valence electrons. The van der Waals surface area contributed by atoms with E-state index in [0.717, 1.165) is 5.56 Å². The number of hydrogen-bond acceptors (Lipinski definition) is 3. The van der Waals surface area contributed by atoms with Crippen LogP contribution in [0.25, 0.3) is 0 Å². The molecule has 4 nitrogen and oxygen atoms in total. The van der Waals surface area contributed by atoms with Gasteiger partial charge in [0.25, 0.3) is 5.91 Å². The lowest BCUT2D eigenvalue weighted by molar-refractivity contribution is -0.146. The second kappa shape index (κ2) is 7.82. The summed E-state index contributed by atoms with van der Waals surface area (Å²) in [5.74, 6) is -0.926. The van der Waals surface area contributed by atoms with Crippen molar-refractivity contribution in [3.05, 3.63) is 64.1 Å². The second-order valence-corrected chi connectivity index (χ2v) is 5.40. The molecule has 0 atom stereocenters. The van der Waals surface area contributed by atoms with E-state index in [2.05, 4.69) is 5.32 Å². The van der Waals surface area contributed by atoms with Crippen molar-refractivity contribution >= 4 is 40.8 Å². The quantitative estimate of drug-likeness (QED) is 0.846. The summed E-state index contributed by atoms with van der Waals surface area (Å²) in [5, 5.41) is 3.37. The van der Waals surface area contributed by atoms with Crippen LogP contribution in [0, 0.1) is 0 Å². The van der Waals surface area contributed by atoms with Crippen LogP contribution in [0.4, 0.5) is 5.69 Å². The minimum atomic E-state index is -0.467. The molecule has 2 rings (SSSR count). The van der Waals surface area contributed by atoms with Gasteiger partial charge in [0.2, 0.25) is 0 Å². The molecule has 0 unspecified atom stereocenters. The fourth-order valence-corrected chi connectivity index (χ4v) is 2.31. The van der Waals surface area contributed by atoms with E-state index in [-0.39, 0.29) is 13.0 Å². The van der Waals surface area contributed by atoms with Gasteiger partial charge in [-0.05, 0) is 23.8 Å². The van der Waals surface area contributed by atoms with Crippen LogP contribution in [-0.4, -0.2) is 18.5 Å². The molecule has 22 heavy (non-hydrogen) atoms. The highest BCUT2D eigenvalue weighted by molar-refractivity contribution is 6.35. The molecule has 0 spiro atoms. The number of carbonyl (C=O) groups is 2. The Morgan fingerprint density at radius 3 is 2.27 bits per heavy atom. The van der Waals surface area contributed by atoms with Gasteiger partial charge in [0.15, 0.2) is 6.61 Å². The Kier molecular flexibility index (Phi) is 5.81. The predicted molar refractivity (Wildman–Crippen MR) is 86.2 cm³/mol. The monoisotopic (exact) mass is 337 g/mol. The number of nitrogens with one attached hydrogen (secondary N) is 1. The minimum absolute atomic E-state index is 0.122. The number of anilines is 1. The maximum absolute atomic E-state index is 11.7. The molecule has 0 saturated heterocycles. The van der Waals surface area contributed by atoms with E-state index in [1.165, 1.54) is 0 Å². The molecule has 0 aliphatic carbocycles. The molecule has 0 radical (unpaired) electrons. The average molecular weight is 338 g/mol. The molecule has 0 saturated carbocycles. The van der Waals surface area contributed by atoms with E-state index in [1.807, 2.05) is 30.3 Å². The number of benzene rings is 2. The van der Waals surface area contributed by atoms with E-state index in [1.54, 1.807) is 18.2 Å². The van der Waals surface area contributed by atoms with Crippen LogP contribution in [0.15, 0.2) is 48.5 Å². The Labute approximate surface area is 138 Å². The number of rotatable bonds is 5. The lowest BCUT2D eigenvalue weighted by Gasteiger charge is -2.07. The van der Waals surface area contributed by atoms with Gasteiger partial charge >= 0.3 is 5.97 Å². The van der Waals surface area contributed by atoms with Crippen LogP contribution in [0.5, 0.6) is 0 Å². The summed E-state index contributed by atoms with van der Waals surface area (Å²) in [6.45, 7) is -0.365. The first-order chi connectivity index (χ1) is 10.5. The van der Waals surface area contributed by atoms with Gasteiger partial charge in [-0.2, -0.15) is 0 Å². The van der Waals surface area contributed by atoms with Crippen molar-refractivity contribution < 1.29 is 14.3 Å². The fraction of sp³-hybridized carbons (Fsp3) is 0.125. The maximum Gasteiger partial charge on any atom is 0.310 e. The van der Waals surface area contributed by atoms with Gasteiger partial charge in [0, 0.05) is 15.7 Å². The van der Waals surface area contributed by atoms with E-state index >= 15 is 0 Å². The summed E-state index contributed by atoms with van der Waals surface area (Å²) in [7, 11) is 0. The molecule has 0 aromatic heterocycles. The molecule has 0 aliphatic heterocycles. The summed E-state index contributed by atoms with van der Waals surface area (Å²) in [6, 6.07) is 13.8. The van der Waals surface area contributed by atoms with Crippen LogP contribution in [-0.2, 0) is 20.7 Å². The molecule has 0 aliphatic rings. The number of esters is 1. The lowest BCUT2D eigenvalue weighted by atomic mass is 10.2. The zero-order chi connectivity index (χ0) is 15.9. The largest absolute Gasteiger partial charge is 0.455 e. The van der Waals surface area contributed by atoms with Gasteiger partial charge in [-0.1, -0.05) is 53.5 Å². The Morgan fingerprint density at radius 2 is 1.64 bits per heavy atom. The summed E-state index contributed by atoms with van der Waals surface area (Å²) in [6.07, 6.45) is 0.122. The minimum Gasteiger partial charge on any atom is -0.455 e.